The van der Waals surface area contributed by atoms with Crippen LogP contribution in [0.5, 0.6) is 5.75 Å². The molecule has 2 atom stereocenters. The molecule has 2 aliphatic heterocycles. The van der Waals surface area contributed by atoms with Crippen molar-refractivity contribution in [3.05, 3.63) is 71.8 Å². The van der Waals surface area contributed by atoms with Gasteiger partial charge in [-0.05, 0) is 43.2 Å². The summed E-state index contributed by atoms with van der Waals surface area (Å²) in [6, 6.07) is 9.90. The zero-order valence-corrected chi connectivity index (χ0v) is 19.2. The van der Waals surface area contributed by atoms with E-state index in [0.717, 1.165) is 43.6 Å². The number of aryl methyl sites for hydroxylation is 1. The summed E-state index contributed by atoms with van der Waals surface area (Å²) in [5.74, 6) is -0.364. The van der Waals surface area contributed by atoms with Crippen molar-refractivity contribution in [3.8, 4) is 5.75 Å². The summed E-state index contributed by atoms with van der Waals surface area (Å²) in [5, 5.41) is 7.54. The molecule has 0 bridgehead atoms. The fraction of sp³-hybridized carbons (Fsp3) is 0.440. The molecule has 0 amide bonds. The van der Waals surface area contributed by atoms with Crippen LogP contribution < -0.4 is 15.0 Å². The highest BCUT2D eigenvalue weighted by Crippen LogP contribution is 2.42. The lowest BCUT2D eigenvalue weighted by Gasteiger charge is -2.30. The van der Waals surface area contributed by atoms with Gasteiger partial charge in [0.25, 0.3) is 0 Å². The minimum absolute atomic E-state index is 0.0419. The molecule has 7 nitrogen and oxygen atoms in total. The lowest BCUT2D eigenvalue weighted by atomic mass is 9.87. The molecule has 9 heteroatoms. The van der Waals surface area contributed by atoms with Crippen molar-refractivity contribution in [2.75, 3.05) is 44.3 Å². The Kier molecular flexibility index (Phi) is 6.47. The molecule has 2 fully saturated rings. The van der Waals surface area contributed by atoms with Gasteiger partial charge < -0.3 is 19.7 Å². The molecule has 34 heavy (non-hydrogen) atoms. The van der Waals surface area contributed by atoms with Crippen LogP contribution in [-0.4, -0.2) is 54.2 Å². The fourth-order valence-corrected chi connectivity index (χ4v) is 4.91. The lowest BCUT2D eigenvalue weighted by molar-refractivity contribution is -0.0206. The Labute approximate surface area is 197 Å². The number of hydrogen-bond acceptors (Lipinski definition) is 6. The summed E-state index contributed by atoms with van der Waals surface area (Å²) < 4.78 is 42.4. The van der Waals surface area contributed by atoms with Gasteiger partial charge in [-0.15, -0.1) is 0 Å². The van der Waals surface area contributed by atoms with Crippen molar-refractivity contribution in [2.45, 2.75) is 25.5 Å². The number of hydrogen-bond donors (Lipinski definition) is 1. The van der Waals surface area contributed by atoms with E-state index in [4.69, 9.17) is 9.47 Å². The fourth-order valence-electron chi connectivity index (χ4n) is 4.91. The number of aromatic nitrogens is 3. The zero-order chi connectivity index (χ0) is 23.5. The van der Waals surface area contributed by atoms with Gasteiger partial charge in [0.15, 0.2) is 0 Å². The monoisotopic (exact) mass is 469 g/mol. The summed E-state index contributed by atoms with van der Waals surface area (Å²) in [4.78, 5) is 6.35. The van der Waals surface area contributed by atoms with Crippen LogP contribution in [0.3, 0.4) is 0 Å². The van der Waals surface area contributed by atoms with Crippen LogP contribution >= 0.6 is 0 Å². The maximum atomic E-state index is 14.8. The SMILES string of the molecule is Cc1cc(N2CCNCC2)ccc1OC[C@@H]1CO[C@@](Cn2cncn2)(c2ccc(F)cc2F)C1. The maximum Gasteiger partial charge on any atom is 0.137 e. The van der Waals surface area contributed by atoms with Crippen LogP contribution in [0.2, 0.25) is 0 Å². The number of halogens is 2. The second-order valence-corrected chi connectivity index (χ2v) is 9.09. The van der Waals surface area contributed by atoms with Gasteiger partial charge in [0.2, 0.25) is 0 Å². The predicted octanol–water partition coefficient (Wildman–Crippen LogP) is 3.29. The standard InChI is InChI=1S/C25H29F2N5O2/c1-18-10-21(31-8-6-28-7-9-31)3-5-24(18)33-13-19-12-25(34-14-19,15-32-17-29-16-30-32)22-4-2-20(26)11-23(22)27/h2-5,10-11,16-17,19,28H,6-9,12-15H2,1H3/t19-,25+/m1/s1. The summed E-state index contributed by atoms with van der Waals surface area (Å²) >= 11 is 0. The first kappa shape index (κ1) is 22.7. The first-order valence-corrected chi connectivity index (χ1v) is 11.6. The molecule has 0 radical (unpaired) electrons. The second-order valence-electron chi connectivity index (χ2n) is 9.09. The van der Waals surface area contributed by atoms with E-state index < -0.39 is 17.2 Å². The smallest absolute Gasteiger partial charge is 0.137 e. The van der Waals surface area contributed by atoms with E-state index in [-0.39, 0.29) is 12.5 Å². The topological polar surface area (TPSA) is 64.4 Å². The van der Waals surface area contributed by atoms with Crippen LogP contribution in [0.1, 0.15) is 17.5 Å². The minimum Gasteiger partial charge on any atom is -0.493 e. The quantitative estimate of drug-likeness (QED) is 0.573. The molecule has 180 valence electrons. The lowest BCUT2D eigenvalue weighted by Crippen LogP contribution is -2.43. The minimum atomic E-state index is -0.972. The number of piperazine rings is 1. The molecule has 5 rings (SSSR count). The Balaban J connectivity index is 1.29. The molecule has 0 spiro atoms. The van der Waals surface area contributed by atoms with Crippen molar-refractivity contribution in [1.82, 2.24) is 20.1 Å². The number of benzene rings is 2. The first-order valence-electron chi connectivity index (χ1n) is 11.6. The highest BCUT2D eigenvalue weighted by molar-refractivity contribution is 5.53. The maximum absolute atomic E-state index is 14.8. The van der Waals surface area contributed by atoms with Gasteiger partial charge in [-0.2, -0.15) is 5.10 Å². The van der Waals surface area contributed by atoms with Gasteiger partial charge in [-0.3, -0.25) is 0 Å². The molecule has 1 aromatic heterocycles. The Morgan fingerprint density at radius 3 is 2.76 bits per heavy atom. The Morgan fingerprint density at radius 2 is 2.03 bits per heavy atom. The Bertz CT molecular complexity index is 1120. The normalized spacial score (nSPS) is 22.8. The van der Waals surface area contributed by atoms with Gasteiger partial charge in [0.05, 0.1) is 19.8 Å². The average Bonchev–Trinajstić information content (AvgIpc) is 3.49. The van der Waals surface area contributed by atoms with Crippen molar-refractivity contribution in [3.63, 3.8) is 0 Å². The third-order valence-corrected chi connectivity index (χ3v) is 6.63. The number of nitrogens with zero attached hydrogens (tertiary/aromatic N) is 4. The van der Waals surface area contributed by atoms with E-state index in [2.05, 4.69) is 39.4 Å². The van der Waals surface area contributed by atoms with Gasteiger partial charge in [0.1, 0.15) is 35.6 Å². The number of nitrogens with one attached hydrogen (secondary N) is 1. The van der Waals surface area contributed by atoms with Crippen LogP contribution in [0, 0.1) is 24.5 Å². The van der Waals surface area contributed by atoms with Crippen LogP contribution in [0.15, 0.2) is 49.1 Å². The van der Waals surface area contributed by atoms with Crippen molar-refractivity contribution >= 4 is 5.69 Å². The van der Waals surface area contributed by atoms with E-state index in [1.165, 1.54) is 24.1 Å². The summed E-state index contributed by atoms with van der Waals surface area (Å²) in [7, 11) is 0. The number of rotatable bonds is 7. The third kappa shape index (κ3) is 4.76. The molecular weight excluding hydrogens is 440 g/mol. The highest BCUT2D eigenvalue weighted by atomic mass is 19.1. The first-order chi connectivity index (χ1) is 16.5. The summed E-state index contributed by atoms with van der Waals surface area (Å²) in [6.45, 7) is 7.15. The van der Waals surface area contributed by atoms with Gasteiger partial charge in [-0.1, -0.05) is 6.07 Å². The summed E-state index contributed by atoms with van der Waals surface area (Å²) in [5.41, 5.74) is 1.63. The van der Waals surface area contributed by atoms with Crippen LogP contribution in [-0.2, 0) is 16.9 Å². The van der Waals surface area contributed by atoms with E-state index in [0.29, 0.717) is 25.2 Å². The van der Waals surface area contributed by atoms with Crippen LogP contribution in [0.4, 0.5) is 14.5 Å². The highest BCUT2D eigenvalue weighted by Gasteiger charge is 2.44. The summed E-state index contributed by atoms with van der Waals surface area (Å²) in [6.07, 6.45) is 3.52. The molecule has 2 aromatic carbocycles. The van der Waals surface area contributed by atoms with Gasteiger partial charge >= 0.3 is 0 Å². The van der Waals surface area contributed by atoms with E-state index in [1.54, 1.807) is 11.0 Å². The second kappa shape index (κ2) is 9.68. The zero-order valence-electron chi connectivity index (χ0n) is 19.2. The Hall–Kier alpha value is -3.04. The number of anilines is 1. The molecule has 0 saturated carbocycles. The molecule has 2 saturated heterocycles. The molecule has 1 N–H and O–H groups in total. The number of ether oxygens (including phenoxy) is 2. The van der Waals surface area contributed by atoms with E-state index in [9.17, 15) is 8.78 Å². The molecular formula is C25H29F2N5O2. The molecule has 3 aromatic rings. The predicted molar refractivity (Wildman–Crippen MR) is 124 cm³/mol. The molecule has 0 unspecified atom stereocenters. The largest absolute Gasteiger partial charge is 0.493 e. The van der Waals surface area contributed by atoms with Gasteiger partial charge in [-0.25, -0.2) is 18.4 Å². The molecule has 3 heterocycles. The van der Waals surface area contributed by atoms with Crippen LogP contribution in [0.25, 0.3) is 0 Å². The molecule has 2 aliphatic rings. The van der Waals surface area contributed by atoms with Crippen molar-refractivity contribution in [1.29, 1.82) is 0 Å². The third-order valence-electron chi connectivity index (χ3n) is 6.63. The van der Waals surface area contributed by atoms with Gasteiger partial charge in [0, 0.05) is 49.4 Å². The average molecular weight is 470 g/mol. The molecule has 0 aliphatic carbocycles. The van der Waals surface area contributed by atoms with Crippen molar-refractivity contribution < 1.29 is 18.3 Å². The van der Waals surface area contributed by atoms with Crippen molar-refractivity contribution in [2.24, 2.45) is 5.92 Å². The van der Waals surface area contributed by atoms with E-state index in [1.807, 2.05) is 6.07 Å². The Morgan fingerprint density at radius 1 is 1.18 bits per heavy atom. The van der Waals surface area contributed by atoms with E-state index >= 15 is 0 Å².